The second-order valence-corrected chi connectivity index (χ2v) is 6.99. The van der Waals surface area contributed by atoms with Crippen molar-refractivity contribution in [3.63, 3.8) is 0 Å². The van der Waals surface area contributed by atoms with Crippen LogP contribution in [0.4, 0.5) is 0 Å². The summed E-state index contributed by atoms with van der Waals surface area (Å²) in [7, 11) is -3.33. The highest BCUT2D eigenvalue weighted by atomic mass is 32.2. The quantitative estimate of drug-likeness (QED) is 0.859. The molecule has 0 atom stereocenters. The van der Waals surface area contributed by atoms with E-state index in [1.165, 1.54) is 12.1 Å². The molecule has 0 aliphatic carbocycles. The molecule has 5 nitrogen and oxygen atoms in total. The largest absolute Gasteiger partial charge is 0.396 e. The first-order valence-corrected chi connectivity index (χ1v) is 8.38. The van der Waals surface area contributed by atoms with Gasteiger partial charge in [-0.15, -0.1) is 0 Å². The summed E-state index contributed by atoms with van der Waals surface area (Å²) in [4.78, 5) is 14.2. The van der Waals surface area contributed by atoms with Crippen molar-refractivity contribution >= 4 is 15.7 Å². The van der Waals surface area contributed by atoms with E-state index in [2.05, 4.69) is 0 Å². The van der Waals surface area contributed by atoms with Gasteiger partial charge in [-0.1, -0.05) is 6.07 Å². The Balaban J connectivity index is 3.06. The van der Waals surface area contributed by atoms with Crippen molar-refractivity contribution in [2.45, 2.75) is 31.2 Å². The molecule has 0 aliphatic heterocycles. The van der Waals surface area contributed by atoms with Crippen LogP contribution in [0.15, 0.2) is 29.2 Å². The van der Waals surface area contributed by atoms with Crippen LogP contribution in [0.25, 0.3) is 0 Å². The first-order chi connectivity index (χ1) is 9.27. The van der Waals surface area contributed by atoms with E-state index < -0.39 is 9.84 Å². The van der Waals surface area contributed by atoms with E-state index in [4.69, 9.17) is 5.11 Å². The molecule has 1 N–H and O–H groups in total. The van der Waals surface area contributed by atoms with Gasteiger partial charge in [0.25, 0.3) is 5.91 Å². The van der Waals surface area contributed by atoms with Gasteiger partial charge in [0.05, 0.1) is 4.90 Å². The van der Waals surface area contributed by atoms with Crippen LogP contribution >= 0.6 is 0 Å². The Hall–Kier alpha value is -1.40. The molecule has 0 heterocycles. The third kappa shape index (κ3) is 4.31. The lowest BCUT2D eigenvalue weighted by molar-refractivity contribution is 0.0693. The minimum absolute atomic E-state index is 0.0138. The maximum Gasteiger partial charge on any atom is 0.254 e. The zero-order valence-electron chi connectivity index (χ0n) is 12.0. The van der Waals surface area contributed by atoms with Gasteiger partial charge in [0.15, 0.2) is 9.84 Å². The molecule has 1 aromatic rings. The summed E-state index contributed by atoms with van der Waals surface area (Å²) < 4.78 is 23.1. The Morgan fingerprint density at radius 2 is 2.00 bits per heavy atom. The van der Waals surface area contributed by atoms with E-state index in [1.54, 1.807) is 17.0 Å². The van der Waals surface area contributed by atoms with E-state index >= 15 is 0 Å². The van der Waals surface area contributed by atoms with Crippen LogP contribution in [0.1, 0.15) is 30.6 Å². The lowest BCUT2D eigenvalue weighted by Crippen LogP contribution is -2.38. The van der Waals surface area contributed by atoms with Gasteiger partial charge in [-0.3, -0.25) is 4.79 Å². The average Bonchev–Trinajstić information content (AvgIpc) is 2.37. The van der Waals surface area contributed by atoms with Crippen molar-refractivity contribution in [1.82, 2.24) is 4.90 Å². The Labute approximate surface area is 120 Å². The topological polar surface area (TPSA) is 74.7 Å². The van der Waals surface area contributed by atoms with Crippen molar-refractivity contribution in [3.8, 4) is 0 Å². The van der Waals surface area contributed by atoms with Gasteiger partial charge in [-0.25, -0.2) is 8.42 Å². The molecule has 0 fully saturated rings. The molecule has 112 valence electrons. The predicted molar refractivity (Wildman–Crippen MR) is 77.4 cm³/mol. The fourth-order valence-electron chi connectivity index (χ4n) is 1.86. The van der Waals surface area contributed by atoms with E-state index in [0.29, 0.717) is 18.5 Å². The van der Waals surface area contributed by atoms with Crippen LogP contribution in [-0.2, 0) is 9.84 Å². The number of sulfone groups is 1. The number of benzene rings is 1. The Morgan fingerprint density at radius 3 is 2.50 bits per heavy atom. The fraction of sp³-hybridized carbons (Fsp3) is 0.500. The maximum atomic E-state index is 12.4. The average molecular weight is 299 g/mol. The third-order valence-electron chi connectivity index (χ3n) is 2.95. The van der Waals surface area contributed by atoms with Crippen molar-refractivity contribution in [1.29, 1.82) is 0 Å². The van der Waals surface area contributed by atoms with Crippen molar-refractivity contribution in [2.24, 2.45) is 0 Å². The fourth-order valence-corrected chi connectivity index (χ4v) is 2.53. The van der Waals surface area contributed by atoms with Crippen LogP contribution < -0.4 is 0 Å². The summed E-state index contributed by atoms with van der Waals surface area (Å²) in [5.41, 5.74) is 0.347. The minimum Gasteiger partial charge on any atom is -0.396 e. The summed E-state index contributed by atoms with van der Waals surface area (Å²) >= 11 is 0. The minimum atomic E-state index is -3.33. The first-order valence-electron chi connectivity index (χ1n) is 6.49. The molecule has 0 aromatic heterocycles. The smallest absolute Gasteiger partial charge is 0.254 e. The van der Waals surface area contributed by atoms with Gasteiger partial charge < -0.3 is 10.0 Å². The van der Waals surface area contributed by atoms with Crippen LogP contribution in [0.5, 0.6) is 0 Å². The number of hydrogen-bond acceptors (Lipinski definition) is 4. The van der Waals surface area contributed by atoms with Crippen LogP contribution in [0, 0.1) is 0 Å². The Bertz CT molecular complexity index is 566. The number of nitrogens with zero attached hydrogens (tertiary/aromatic N) is 1. The monoisotopic (exact) mass is 299 g/mol. The van der Waals surface area contributed by atoms with Gasteiger partial charge in [-0.2, -0.15) is 0 Å². The van der Waals surface area contributed by atoms with E-state index in [9.17, 15) is 13.2 Å². The van der Waals surface area contributed by atoms with Gasteiger partial charge >= 0.3 is 0 Å². The Morgan fingerprint density at radius 1 is 1.35 bits per heavy atom. The van der Waals surface area contributed by atoms with E-state index in [0.717, 1.165) is 6.26 Å². The van der Waals surface area contributed by atoms with Gasteiger partial charge in [0.1, 0.15) is 0 Å². The highest BCUT2D eigenvalue weighted by Crippen LogP contribution is 2.15. The number of aliphatic hydroxyl groups is 1. The SMILES string of the molecule is CC(C)N(CCCO)C(=O)c1cccc(S(C)(=O)=O)c1. The first kappa shape index (κ1) is 16.7. The summed E-state index contributed by atoms with van der Waals surface area (Å²) in [5, 5.41) is 8.88. The number of carbonyl (C=O) groups excluding carboxylic acids is 1. The molecular weight excluding hydrogens is 278 g/mol. The Kier molecular flexibility index (Phi) is 5.71. The van der Waals surface area contributed by atoms with Crippen molar-refractivity contribution in [3.05, 3.63) is 29.8 Å². The normalized spacial score (nSPS) is 11.7. The van der Waals surface area contributed by atoms with Gasteiger partial charge in [0, 0.05) is 31.0 Å². The van der Waals surface area contributed by atoms with E-state index in [-0.39, 0.29) is 23.5 Å². The standard InChI is InChI=1S/C14H21NO4S/c1-11(2)15(8-5-9-16)14(17)12-6-4-7-13(10-12)20(3,18)19/h4,6-7,10-11,16H,5,8-9H2,1-3H3. The second-order valence-electron chi connectivity index (χ2n) is 4.97. The van der Waals surface area contributed by atoms with Gasteiger partial charge in [0.2, 0.25) is 0 Å². The molecule has 1 rings (SSSR count). The highest BCUT2D eigenvalue weighted by Gasteiger charge is 2.19. The molecule has 0 bridgehead atoms. The molecular formula is C14H21NO4S. The summed E-state index contributed by atoms with van der Waals surface area (Å²) in [5.74, 6) is -0.223. The molecule has 0 saturated carbocycles. The number of amides is 1. The molecule has 0 unspecified atom stereocenters. The lowest BCUT2D eigenvalue weighted by Gasteiger charge is -2.26. The molecule has 0 aliphatic rings. The van der Waals surface area contributed by atoms with Crippen LogP contribution in [0.2, 0.25) is 0 Å². The molecule has 20 heavy (non-hydrogen) atoms. The summed E-state index contributed by atoms with van der Waals surface area (Å²) in [6.07, 6.45) is 1.61. The number of carbonyl (C=O) groups is 1. The van der Waals surface area contributed by atoms with Crippen LogP contribution in [-0.4, -0.2) is 49.8 Å². The molecule has 1 aromatic carbocycles. The number of hydrogen-bond donors (Lipinski definition) is 1. The zero-order valence-corrected chi connectivity index (χ0v) is 12.9. The molecule has 0 saturated heterocycles. The van der Waals surface area contributed by atoms with Crippen LogP contribution in [0.3, 0.4) is 0 Å². The molecule has 0 radical (unpaired) electrons. The summed E-state index contributed by atoms with van der Waals surface area (Å²) in [6, 6.07) is 6.02. The molecule has 1 amide bonds. The highest BCUT2D eigenvalue weighted by molar-refractivity contribution is 7.90. The van der Waals surface area contributed by atoms with E-state index in [1.807, 2.05) is 13.8 Å². The number of rotatable bonds is 6. The summed E-state index contributed by atoms with van der Waals surface area (Å²) in [6.45, 7) is 4.22. The molecule has 0 spiro atoms. The third-order valence-corrected chi connectivity index (χ3v) is 4.06. The lowest BCUT2D eigenvalue weighted by atomic mass is 10.1. The van der Waals surface area contributed by atoms with Crippen molar-refractivity contribution < 1.29 is 18.3 Å². The zero-order chi connectivity index (χ0) is 15.3. The van der Waals surface area contributed by atoms with Gasteiger partial charge in [-0.05, 0) is 38.5 Å². The maximum absolute atomic E-state index is 12.4. The second kappa shape index (κ2) is 6.85. The number of aliphatic hydroxyl groups excluding tert-OH is 1. The van der Waals surface area contributed by atoms with Crippen molar-refractivity contribution in [2.75, 3.05) is 19.4 Å². The molecule has 6 heteroatoms. The predicted octanol–water partition coefficient (Wildman–Crippen LogP) is 1.32.